The molecule has 1 amide bonds. The van der Waals surface area contributed by atoms with Crippen LogP contribution in [0.25, 0.3) is 0 Å². The monoisotopic (exact) mass is 497 g/mol. The molecule has 0 aliphatic carbocycles. The highest BCUT2D eigenvalue weighted by molar-refractivity contribution is 6.03. The molecule has 1 saturated heterocycles. The van der Waals surface area contributed by atoms with Crippen molar-refractivity contribution in [3.05, 3.63) is 41.5 Å². The van der Waals surface area contributed by atoms with E-state index in [9.17, 15) is 9.59 Å². The summed E-state index contributed by atoms with van der Waals surface area (Å²) in [5.74, 6) is 2.79. The van der Waals surface area contributed by atoms with Crippen LogP contribution in [0.3, 0.4) is 0 Å². The van der Waals surface area contributed by atoms with Crippen molar-refractivity contribution in [3.8, 4) is 28.7 Å². The van der Waals surface area contributed by atoms with Gasteiger partial charge in [0.2, 0.25) is 0 Å². The predicted octanol–water partition coefficient (Wildman–Crippen LogP) is 4.42. The fourth-order valence-corrected chi connectivity index (χ4v) is 4.87. The maximum Gasteiger partial charge on any atom is 0.260 e. The third-order valence-electron chi connectivity index (χ3n) is 6.96. The molecular weight excluding hydrogens is 462 g/mol. The first kappa shape index (κ1) is 25.7. The van der Waals surface area contributed by atoms with Gasteiger partial charge >= 0.3 is 0 Å². The number of ether oxygens (including phenoxy) is 5. The molecule has 4 rings (SSSR count). The van der Waals surface area contributed by atoms with Crippen LogP contribution in [0.4, 0.5) is 0 Å². The SMILES string of the molecule is COc1cc(OC)c2c(c1)OC1(CCN(C(=O)COc3ccc(OC)cc3C(C)(C)C)CC1)CC2=O. The van der Waals surface area contributed by atoms with Gasteiger partial charge in [-0.2, -0.15) is 0 Å². The fourth-order valence-electron chi connectivity index (χ4n) is 4.87. The molecule has 2 aliphatic rings. The fraction of sp³-hybridized carbons (Fsp3) is 0.500. The number of methoxy groups -OCH3 is 3. The standard InChI is InChI=1S/C28H35NO7/c1-27(2,3)20-13-18(32-4)7-8-22(20)35-17-25(31)29-11-9-28(10-12-29)16-21(30)26-23(34-6)14-19(33-5)15-24(26)36-28/h7-8,13-15H,9-12,16-17H2,1-6H3. The van der Waals surface area contributed by atoms with Gasteiger partial charge in [0.1, 0.15) is 39.9 Å². The van der Waals surface area contributed by atoms with Gasteiger partial charge in [-0.15, -0.1) is 0 Å². The van der Waals surface area contributed by atoms with Crippen LogP contribution in [0.15, 0.2) is 30.3 Å². The molecule has 8 nitrogen and oxygen atoms in total. The molecule has 36 heavy (non-hydrogen) atoms. The Morgan fingerprint density at radius 1 is 0.972 bits per heavy atom. The number of fused-ring (bicyclic) bond motifs is 1. The Morgan fingerprint density at radius 3 is 2.28 bits per heavy atom. The van der Waals surface area contributed by atoms with Gasteiger partial charge < -0.3 is 28.6 Å². The summed E-state index contributed by atoms with van der Waals surface area (Å²) in [6.07, 6.45) is 1.36. The second kappa shape index (κ2) is 9.91. The van der Waals surface area contributed by atoms with E-state index >= 15 is 0 Å². The zero-order chi connectivity index (χ0) is 26.1. The molecule has 1 spiro atoms. The third-order valence-corrected chi connectivity index (χ3v) is 6.96. The predicted molar refractivity (Wildman–Crippen MR) is 135 cm³/mol. The Morgan fingerprint density at radius 2 is 1.67 bits per heavy atom. The number of amides is 1. The summed E-state index contributed by atoms with van der Waals surface area (Å²) in [4.78, 5) is 27.8. The third kappa shape index (κ3) is 5.08. The maximum absolute atomic E-state index is 13.1. The number of carbonyl (C=O) groups excluding carboxylic acids is 2. The van der Waals surface area contributed by atoms with Gasteiger partial charge in [0.05, 0.1) is 27.8 Å². The van der Waals surface area contributed by atoms with Crippen molar-refractivity contribution in [1.82, 2.24) is 4.90 Å². The second-order valence-electron chi connectivity index (χ2n) is 10.4. The lowest BCUT2D eigenvalue weighted by molar-refractivity contribution is -0.137. The van der Waals surface area contributed by atoms with Crippen molar-refractivity contribution in [3.63, 3.8) is 0 Å². The minimum absolute atomic E-state index is 0.0203. The van der Waals surface area contributed by atoms with Crippen LogP contribution in [0.1, 0.15) is 56.0 Å². The topological polar surface area (TPSA) is 83.5 Å². The molecule has 0 unspecified atom stereocenters. The van der Waals surface area contributed by atoms with E-state index in [4.69, 9.17) is 23.7 Å². The quantitative estimate of drug-likeness (QED) is 0.584. The number of rotatable bonds is 6. The first-order valence-electron chi connectivity index (χ1n) is 12.2. The molecule has 0 saturated carbocycles. The molecule has 0 aromatic heterocycles. The van der Waals surface area contributed by atoms with Gasteiger partial charge in [0.15, 0.2) is 12.4 Å². The van der Waals surface area contributed by atoms with Gasteiger partial charge in [-0.05, 0) is 23.6 Å². The number of nitrogens with zero attached hydrogens (tertiary/aromatic N) is 1. The number of likely N-dealkylation sites (tertiary alicyclic amines) is 1. The highest BCUT2D eigenvalue weighted by atomic mass is 16.5. The van der Waals surface area contributed by atoms with Crippen LogP contribution >= 0.6 is 0 Å². The number of ketones is 1. The lowest BCUT2D eigenvalue weighted by atomic mass is 9.82. The summed E-state index contributed by atoms with van der Waals surface area (Å²) in [6, 6.07) is 9.04. The summed E-state index contributed by atoms with van der Waals surface area (Å²) in [6.45, 7) is 7.20. The van der Waals surface area contributed by atoms with Crippen LogP contribution in [-0.4, -0.2) is 63.2 Å². The Labute approximate surface area is 212 Å². The zero-order valence-corrected chi connectivity index (χ0v) is 21.9. The first-order chi connectivity index (χ1) is 17.1. The number of hydrogen-bond acceptors (Lipinski definition) is 7. The van der Waals surface area contributed by atoms with Gasteiger partial charge in [-0.3, -0.25) is 9.59 Å². The highest BCUT2D eigenvalue weighted by Gasteiger charge is 2.45. The van der Waals surface area contributed by atoms with E-state index in [-0.39, 0.29) is 30.1 Å². The molecule has 0 radical (unpaired) electrons. The van der Waals surface area contributed by atoms with Crippen molar-refractivity contribution < 1.29 is 33.3 Å². The van der Waals surface area contributed by atoms with Crippen molar-refractivity contribution in [2.45, 2.75) is 51.0 Å². The first-order valence-corrected chi connectivity index (χ1v) is 12.2. The molecule has 2 aromatic carbocycles. The Kier molecular flexibility index (Phi) is 7.07. The number of carbonyl (C=O) groups is 2. The average molecular weight is 498 g/mol. The van der Waals surface area contributed by atoms with Crippen molar-refractivity contribution in [2.75, 3.05) is 41.0 Å². The largest absolute Gasteiger partial charge is 0.497 e. The van der Waals surface area contributed by atoms with E-state index in [0.717, 1.165) is 11.3 Å². The number of benzene rings is 2. The molecule has 0 atom stereocenters. The van der Waals surface area contributed by atoms with E-state index in [0.29, 0.717) is 54.5 Å². The molecule has 8 heteroatoms. The average Bonchev–Trinajstić information content (AvgIpc) is 2.86. The van der Waals surface area contributed by atoms with Crippen LogP contribution in [0.5, 0.6) is 28.7 Å². The lowest BCUT2D eigenvalue weighted by Gasteiger charge is -2.44. The van der Waals surface area contributed by atoms with Gasteiger partial charge in [0.25, 0.3) is 5.91 Å². The summed E-state index contributed by atoms with van der Waals surface area (Å²) in [5, 5.41) is 0. The van der Waals surface area contributed by atoms with E-state index < -0.39 is 5.60 Å². The van der Waals surface area contributed by atoms with Crippen LogP contribution < -0.4 is 23.7 Å². The van der Waals surface area contributed by atoms with Gasteiger partial charge in [0, 0.05) is 43.6 Å². The molecule has 2 aromatic rings. The van der Waals surface area contributed by atoms with Gasteiger partial charge in [-0.25, -0.2) is 0 Å². The number of piperidine rings is 1. The zero-order valence-electron chi connectivity index (χ0n) is 21.9. The van der Waals surface area contributed by atoms with Crippen LogP contribution in [-0.2, 0) is 10.2 Å². The molecule has 2 heterocycles. The van der Waals surface area contributed by atoms with E-state index in [1.54, 1.807) is 31.3 Å². The normalized spacial score (nSPS) is 16.7. The molecule has 1 fully saturated rings. The lowest BCUT2D eigenvalue weighted by Crippen LogP contribution is -2.53. The minimum Gasteiger partial charge on any atom is -0.497 e. The summed E-state index contributed by atoms with van der Waals surface area (Å²) < 4.78 is 28.5. The Bertz CT molecular complexity index is 1140. The number of hydrogen-bond donors (Lipinski definition) is 0. The minimum atomic E-state index is -0.644. The molecule has 0 N–H and O–H groups in total. The number of Topliss-reactive ketones (excluding diaryl/α,β-unsaturated/α-hetero) is 1. The maximum atomic E-state index is 13.1. The van der Waals surface area contributed by atoms with Crippen LogP contribution in [0, 0.1) is 0 Å². The van der Waals surface area contributed by atoms with Crippen LogP contribution in [0.2, 0.25) is 0 Å². The van der Waals surface area contributed by atoms with E-state index in [1.807, 2.05) is 18.2 Å². The highest BCUT2D eigenvalue weighted by Crippen LogP contribution is 2.44. The van der Waals surface area contributed by atoms with Crippen molar-refractivity contribution in [2.24, 2.45) is 0 Å². The van der Waals surface area contributed by atoms with Crippen molar-refractivity contribution >= 4 is 11.7 Å². The smallest absolute Gasteiger partial charge is 0.260 e. The summed E-state index contributed by atoms with van der Waals surface area (Å²) >= 11 is 0. The summed E-state index contributed by atoms with van der Waals surface area (Å²) in [7, 11) is 4.71. The Hall–Kier alpha value is -3.42. The molecule has 194 valence electrons. The van der Waals surface area contributed by atoms with Gasteiger partial charge in [-0.1, -0.05) is 20.8 Å². The Balaban J connectivity index is 1.41. The second-order valence-corrected chi connectivity index (χ2v) is 10.4. The molecule has 0 bridgehead atoms. The van der Waals surface area contributed by atoms with Crippen molar-refractivity contribution in [1.29, 1.82) is 0 Å². The summed E-state index contributed by atoms with van der Waals surface area (Å²) in [5.41, 5.74) is 0.613. The molecule has 2 aliphatic heterocycles. The van der Waals surface area contributed by atoms with E-state index in [1.165, 1.54) is 7.11 Å². The molecular formula is C28H35NO7. The van der Waals surface area contributed by atoms with E-state index in [2.05, 4.69) is 20.8 Å².